The van der Waals surface area contributed by atoms with Crippen molar-refractivity contribution in [3.63, 3.8) is 0 Å². The average molecular weight is 300 g/mol. The standard InChI is InChI=1S/C17H11ClFNO/c18-9-1-2-15-10-16(19)7-8-17(15)21-12-14-5-3-13(11-20)4-6-14/h3-8,10H,9,12H2. The molecule has 0 saturated carbocycles. The third kappa shape index (κ3) is 4.24. The molecule has 0 aliphatic carbocycles. The zero-order valence-electron chi connectivity index (χ0n) is 11.1. The van der Waals surface area contributed by atoms with Crippen LogP contribution in [0.4, 0.5) is 4.39 Å². The van der Waals surface area contributed by atoms with Crippen LogP contribution in [-0.2, 0) is 6.61 Å². The van der Waals surface area contributed by atoms with E-state index in [0.717, 1.165) is 5.56 Å². The lowest BCUT2D eigenvalue weighted by Crippen LogP contribution is -1.98. The van der Waals surface area contributed by atoms with Gasteiger partial charge in [-0.05, 0) is 35.9 Å². The molecule has 0 heterocycles. The highest BCUT2D eigenvalue weighted by atomic mass is 35.5. The van der Waals surface area contributed by atoms with Crippen LogP contribution < -0.4 is 4.74 Å². The Morgan fingerprint density at radius 2 is 1.90 bits per heavy atom. The number of hydrogen-bond donors (Lipinski definition) is 0. The number of ether oxygens (including phenoxy) is 1. The highest BCUT2D eigenvalue weighted by Crippen LogP contribution is 2.20. The van der Waals surface area contributed by atoms with E-state index in [0.29, 0.717) is 23.5 Å². The number of benzene rings is 2. The van der Waals surface area contributed by atoms with Crippen LogP contribution in [-0.4, -0.2) is 5.88 Å². The van der Waals surface area contributed by atoms with Crippen molar-refractivity contribution < 1.29 is 9.13 Å². The number of alkyl halides is 1. The summed E-state index contributed by atoms with van der Waals surface area (Å²) in [6.45, 7) is 0.312. The fourth-order valence-electron chi connectivity index (χ4n) is 1.69. The molecular formula is C17H11ClFNO. The first-order chi connectivity index (χ1) is 10.2. The second-order valence-electron chi connectivity index (χ2n) is 4.17. The number of halogens is 2. The van der Waals surface area contributed by atoms with Gasteiger partial charge in [0.25, 0.3) is 0 Å². The van der Waals surface area contributed by atoms with Crippen LogP contribution in [0.15, 0.2) is 42.5 Å². The summed E-state index contributed by atoms with van der Waals surface area (Å²) in [4.78, 5) is 0. The summed E-state index contributed by atoms with van der Waals surface area (Å²) in [6, 6.07) is 13.3. The molecule has 0 fully saturated rings. The van der Waals surface area contributed by atoms with Crippen LogP contribution in [0.2, 0.25) is 0 Å². The highest BCUT2D eigenvalue weighted by molar-refractivity contribution is 6.19. The van der Waals surface area contributed by atoms with Crippen LogP contribution in [0, 0.1) is 29.0 Å². The maximum absolute atomic E-state index is 13.2. The van der Waals surface area contributed by atoms with Crippen molar-refractivity contribution in [2.75, 3.05) is 5.88 Å². The number of hydrogen-bond acceptors (Lipinski definition) is 2. The first kappa shape index (κ1) is 14.9. The van der Waals surface area contributed by atoms with E-state index in [1.54, 1.807) is 12.1 Å². The zero-order chi connectivity index (χ0) is 15.1. The molecule has 104 valence electrons. The number of nitriles is 1. The summed E-state index contributed by atoms with van der Waals surface area (Å²) >= 11 is 5.51. The smallest absolute Gasteiger partial charge is 0.135 e. The lowest BCUT2D eigenvalue weighted by molar-refractivity contribution is 0.305. The van der Waals surface area contributed by atoms with Gasteiger partial charge in [-0.15, -0.1) is 11.6 Å². The summed E-state index contributed by atoms with van der Waals surface area (Å²) in [6.07, 6.45) is 0. The Morgan fingerprint density at radius 1 is 1.14 bits per heavy atom. The van der Waals surface area contributed by atoms with Gasteiger partial charge in [0.1, 0.15) is 18.2 Å². The molecule has 4 heteroatoms. The predicted octanol–water partition coefficient (Wildman–Crippen LogP) is 3.87. The molecule has 0 aliphatic rings. The highest BCUT2D eigenvalue weighted by Gasteiger charge is 2.04. The SMILES string of the molecule is N#Cc1ccc(COc2ccc(F)cc2C#CCCl)cc1. The maximum Gasteiger partial charge on any atom is 0.135 e. The third-order valence-corrected chi connectivity index (χ3v) is 2.84. The van der Waals surface area contributed by atoms with Crippen LogP contribution in [0.1, 0.15) is 16.7 Å². The number of nitrogens with zero attached hydrogens (tertiary/aromatic N) is 1. The molecule has 2 aromatic carbocycles. The van der Waals surface area contributed by atoms with E-state index in [-0.39, 0.29) is 11.7 Å². The molecule has 0 spiro atoms. The van der Waals surface area contributed by atoms with Gasteiger partial charge in [-0.3, -0.25) is 0 Å². The fourth-order valence-corrected chi connectivity index (χ4v) is 1.76. The van der Waals surface area contributed by atoms with E-state index < -0.39 is 0 Å². The molecular weight excluding hydrogens is 289 g/mol. The van der Waals surface area contributed by atoms with E-state index in [9.17, 15) is 4.39 Å². The van der Waals surface area contributed by atoms with Gasteiger partial charge in [-0.2, -0.15) is 5.26 Å². The van der Waals surface area contributed by atoms with Gasteiger partial charge >= 0.3 is 0 Å². The van der Waals surface area contributed by atoms with Crippen molar-refractivity contribution in [3.05, 3.63) is 65.0 Å². The molecule has 2 rings (SSSR count). The quantitative estimate of drug-likeness (QED) is 0.637. The molecule has 0 unspecified atom stereocenters. The third-order valence-electron chi connectivity index (χ3n) is 2.71. The van der Waals surface area contributed by atoms with Gasteiger partial charge in [0.05, 0.1) is 23.1 Å². The maximum atomic E-state index is 13.2. The second kappa shape index (κ2) is 7.33. The van der Waals surface area contributed by atoms with E-state index in [4.69, 9.17) is 21.6 Å². The minimum atomic E-state index is -0.375. The van der Waals surface area contributed by atoms with Gasteiger partial charge in [-0.1, -0.05) is 24.0 Å². The molecule has 0 saturated heterocycles. The lowest BCUT2D eigenvalue weighted by Gasteiger charge is -2.08. The van der Waals surface area contributed by atoms with Crippen LogP contribution in [0.5, 0.6) is 5.75 Å². The summed E-state index contributed by atoms with van der Waals surface area (Å²) in [5.41, 5.74) is 1.97. The van der Waals surface area contributed by atoms with Gasteiger partial charge in [0.15, 0.2) is 0 Å². The van der Waals surface area contributed by atoms with E-state index in [1.165, 1.54) is 18.2 Å². The van der Waals surface area contributed by atoms with Crippen molar-refractivity contribution in [2.24, 2.45) is 0 Å². The monoisotopic (exact) mass is 299 g/mol. The summed E-state index contributed by atoms with van der Waals surface area (Å²) in [5, 5.41) is 8.74. The average Bonchev–Trinajstić information content (AvgIpc) is 2.52. The van der Waals surface area contributed by atoms with Gasteiger partial charge < -0.3 is 4.74 Å². The topological polar surface area (TPSA) is 33.0 Å². The largest absolute Gasteiger partial charge is 0.488 e. The molecule has 0 aromatic heterocycles. The van der Waals surface area contributed by atoms with Crippen molar-refractivity contribution in [2.45, 2.75) is 6.61 Å². The molecule has 0 atom stereocenters. The van der Waals surface area contributed by atoms with Crippen LogP contribution in [0.3, 0.4) is 0 Å². The fraction of sp³-hybridized carbons (Fsp3) is 0.118. The minimum Gasteiger partial charge on any atom is -0.488 e. The van der Waals surface area contributed by atoms with Crippen molar-refractivity contribution >= 4 is 11.6 Å². The van der Waals surface area contributed by atoms with Crippen LogP contribution >= 0.6 is 11.6 Å². The Labute approximate surface area is 127 Å². The predicted molar refractivity (Wildman–Crippen MR) is 79.5 cm³/mol. The summed E-state index contributed by atoms with van der Waals surface area (Å²) in [7, 11) is 0. The van der Waals surface area contributed by atoms with Gasteiger partial charge in [0, 0.05) is 0 Å². The molecule has 2 aromatic rings. The molecule has 0 bridgehead atoms. The van der Waals surface area contributed by atoms with Crippen molar-refractivity contribution in [3.8, 4) is 23.7 Å². The Bertz CT molecular complexity index is 723. The molecule has 0 radical (unpaired) electrons. The van der Waals surface area contributed by atoms with E-state index in [2.05, 4.69) is 17.9 Å². The summed E-state index contributed by atoms with van der Waals surface area (Å²) < 4.78 is 18.9. The Balaban J connectivity index is 2.13. The normalized spacial score (nSPS) is 9.38. The van der Waals surface area contributed by atoms with E-state index >= 15 is 0 Å². The first-order valence-electron chi connectivity index (χ1n) is 6.19. The molecule has 2 nitrogen and oxygen atoms in total. The Kier molecular flexibility index (Phi) is 5.21. The molecule has 0 amide bonds. The lowest BCUT2D eigenvalue weighted by atomic mass is 10.1. The molecule has 0 aliphatic heterocycles. The van der Waals surface area contributed by atoms with Crippen molar-refractivity contribution in [1.29, 1.82) is 5.26 Å². The second-order valence-corrected chi connectivity index (χ2v) is 4.44. The summed E-state index contributed by atoms with van der Waals surface area (Å²) in [5.74, 6) is 5.74. The molecule has 21 heavy (non-hydrogen) atoms. The van der Waals surface area contributed by atoms with Gasteiger partial charge in [-0.25, -0.2) is 4.39 Å². The van der Waals surface area contributed by atoms with Crippen LogP contribution in [0.25, 0.3) is 0 Å². The number of rotatable bonds is 3. The Morgan fingerprint density at radius 3 is 2.57 bits per heavy atom. The van der Waals surface area contributed by atoms with E-state index in [1.807, 2.05) is 12.1 Å². The first-order valence-corrected chi connectivity index (χ1v) is 6.72. The zero-order valence-corrected chi connectivity index (χ0v) is 11.8. The van der Waals surface area contributed by atoms with Crippen molar-refractivity contribution in [1.82, 2.24) is 0 Å². The minimum absolute atomic E-state index is 0.172. The van der Waals surface area contributed by atoms with Gasteiger partial charge in [0.2, 0.25) is 0 Å². The Hall–Kier alpha value is -2.49. The molecule has 0 N–H and O–H groups in total.